The Bertz CT molecular complexity index is 665. The van der Waals surface area contributed by atoms with Gasteiger partial charge in [0.15, 0.2) is 5.75 Å². The van der Waals surface area contributed by atoms with Crippen molar-refractivity contribution in [3.8, 4) is 11.5 Å². The third-order valence-electron chi connectivity index (χ3n) is 2.68. The molecule has 0 radical (unpaired) electrons. The number of nitrogens with zero attached hydrogens (tertiary/aromatic N) is 2. The van der Waals surface area contributed by atoms with Gasteiger partial charge in [-0.3, -0.25) is 4.68 Å². The zero-order valence-electron chi connectivity index (χ0n) is 11.5. The van der Waals surface area contributed by atoms with Crippen LogP contribution >= 0.6 is 15.9 Å². The van der Waals surface area contributed by atoms with Gasteiger partial charge in [-0.25, -0.2) is 4.79 Å². The predicted octanol–water partition coefficient (Wildman–Crippen LogP) is 3.95. The molecule has 1 N–H and O–H groups in total. The van der Waals surface area contributed by atoms with E-state index in [0.29, 0.717) is 11.5 Å². The SMILES string of the molecule is CCCn1cc(Oc2ccc(/C=C/C(=O)O)c(Br)c2)cn1. The summed E-state index contributed by atoms with van der Waals surface area (Å²) in [6.07, 6.45) is 7.14. The molecule has 1 aromatic carbocycles. The first kappa shape index (κ1) is 15.3. The number of carbonyl (C=O) groups is 1. The molecule has 0 aliphatic heterocycles. The van der Waals surface area contributed by atoms with E-state index in [9.17, 15) is 4.79 Å². The Morgan fingerprint density at radius 2 is 2.29 bits per heavy atom. The highest BCUT2D eigenvalue weighted by atomic mass is 79.9. The van der Waals surface area contributed by atoms with Crippen LogP contribution in [0.5, 0.6) is 11.5 Å². The van der Waals surface area contributed by atoms with Gasteiger partial charge in [-0.05, 0) is 30.2 Å². The van der Waals surface area contributed by atoms with Gasteiger partial charge >= 0.3 is 5.97 Å². The summed E-state index contributed by atoms with van der Waals surface area (Å²) in [7, 11) is 0. The highest BCUT2D eigenvalue weighted by Crippen LogP contribution is 2.27. The summed E-state index contributed by atoms with van der Waals surface area (Å²) >= 11 is 3.40. The Labute approximate surface area is 131 Å². The number of ether oxygens (including phenoxy) is 1. The number of hydrogen-bond acceptors (Lipinski definition) is 3. The lowest BCUT2D eigenvalue weighted by molar-refractivity contribution is -0.131. The molecule has 6 heteroatoms. The lowest BCUT2D eigenvalue weighted by atomic mass is 10.2. The van der Waals surface area contributed by atoms with Crippen molar-refractivity contribution in [3.63, 3.8) is 0 Å². The summed E-state index contributed by atoms with van der Waals surface area (Å²) < 4.78 is 8.30. The second kappa shape index (κ2) is 7.08. The second-order valence-corrected chi connectivity index (χ2v) is 5.25. The molecular weight excluding hydrogens is 336 g/mol. The highest BCUT2D eigenvalue weighted by molar-refractivity contribution is 9.10. The lowest BCUT2D eigenvalue weighted by Crippen LogP contribution is -1.95. The minimum Gasteiger partial charge on any atom is -0.478 e. The molecule has 1 heterocycles. The van der Waals surface area contributed by atoms with Crippen LogP contribution in [0.3, 0.4) is 0 Å². The number of aromatic nitrogens is 2. The zero-order valence-corrected chi connectivity index (χ0v) is 13.1. The van der Waals surface area contributed by atoms with Crippen molar-refractivity contribution >= 4 is 28.0 Å². The van der Waals surface area contributed by atoms with Crippen LogP contribution in [0.25, 0.3) is 6.08 Å². The van der Waals surface area contributed by atoms with Gasteiger partial charge in [0, 0.05) is 17.1 Å². The maximum Gasteiger partial charge on any atom is 0.328 e. The van der Waals surface area contributed by atoms with Crippen LogP contribution in [-0.2, 0) is 11.3 Å². The Morgan fingerprint density at radius 3 is 2.95 bits per heavy atom. The molecular formula is C15H15BrN2O3. The second-order valence-electron chi connectivity index (χ2n) is 4.40. The van der Waals surface area contributed by atoms with Crippen molar-refractivity contribution in [2.24, 2.45) is 0 Å². The van der Waals surface area contributed by atoms with Gasteiger partial charge in [-0.2, -0.15) is 5.10 Å². The fourth-order valence-corrected chi connectivity index (χ4v) is 2.24. The molecule has 5 nitrogen and oxygen atoms in total. The molecule has 21 heavy (non-hydrogen) atoms. The topological polar surface area (TPSA) is 64.3 Å². The summed E-state index contributed by atoms with van der Waals surface area (Å²) in [5.41, 5.74) is 0.770. The number of carboxylic acid groups (broad SMARTS) is 1. The summed E-state index contributed by atoms with van der Waals surface area (Å²) in [4.78, 5) is 10.5. The van der Waals surface area contributed by atoms with Gasteiger partial charge in [0.1, 0.15) is 5.75 Å². The molecule has 1 aromatic heterocycles. The summed E-state index contributed by atoms with van der Waals surface area (Å²) in [5, 5.41) is 12.8. The van der Waals surface area contributed by atoms with Crippen LogP contribution in [0.2, 0.25) is 0 Å². The van der Waals surface area contributed by atoms with E-state index in [4.69, 9.17) is 9.84 Å². The molecule has 0 bridgehead atoms. The van der Waals surface area contributed by atoms with E-state index in [1.807, 2.05) is 10.9 Å². The van der Waals surface area contributed by atoms with E-state index < -0.39 is 5.97 Å². The smallest absolute Gasteiger partial charge is 0.328 e. The maximum atomic E-state index is 10.5. The van der Waals surface area contributed by atoms with Gasteiger partial charge in [0.05, 0.1) is 12.4 Å². The van der Waals surface area contributed by atoms with E-state index in [0.717, 1.165) is 29.1 Å². The third kappa shape index (κ3) is 4.46. The molecule has 2 rings (SSSR count). The first-order chi connectivity index (χ1) is 10.1. The number of carboxylic acids is 1. The van der Waals surface area contributed by atoms with Crippen LogP contribution in [0.1, 0.15) is 18.9 Å². The van der Waals surface area contributed by atoms with Crippen molar-refractivity contribution in [2.75, 3.05) is 0 Å². The maximum absolute atomic E-state index is 10.5. The monoisotopic (exact) mass is 350 g/mol. The third-order valence-corrected chi connectivity index (χ3v) is 3.36. The molecule has 0 unspecified atom stereocenters. The van der Waals surface area contributed by atoms with Crippen LogP contribution in [0.15, 0.2) is 41.1 Å². The van der Waals surface area contributed by atoms with E-state index >= 15 is 0 Å². The first-order valence-electron chi connectivity index (χ1n) is 6.49. The lowest BCUT2D eigenvalue weighted by Gasteiger charge is -2.05. The standard InChI is InChI=1S/C15H15BrN2O3/c1-2-7-18-10-13(9-17-18)21-12-5-3-11(14(16)8-12)4-6-15(19)20/h3-6,8-10H,2,7H2,1H3,(H,19,20)/b6-4+. The molecule has 110 valence electrons. The average Bonchev–Trinajstić information content (AvgIpc) is 2.85. The van der Waals surface area contributed by atoms with Gasteiger partial charge in [0.25, 0.3) is 0 Å². The van der Waals surface area contributed by atoms with Gasteiger partial charge in [0.2, 0.25) is 0 Å². The largest absolute Gasteiger partial charge is 0.478 e. The number of rotatable bonds is 6. The van der Waals surface area contributed by atoms with Crippen molar-refractivity contribution in [1.29, 1.82) is 0 Å². The van der Waals surface area contributed by atoms with Crippen LogP contribution < -0.4 is 4.74 Å². The van der Waals surface area contributed by atoms with E-state index in [1.165, 1.54) is 6.08 Å². The number of hydrogen-bond donors (Lipinski definition) is 1. The van der Waals surface area contributed by atoms with Crippen molar-refractivity contribution in [2.45, 2.75) is 19.9 Å². The number of aryl methyl sites for hydroxylation is 1. The van der Waals surface area contributed by atoms with E-state index in [-0.39, 0.29) is 0 Å². The molecule has 0 saturated carbocycles. The Kier molecular flexibility index (Phi) is 5.16. The molecule has 0 fully saturated rings. The van der Waals surface area contributed by atoms with Gasteiger partial charge in [-0.1, -0.05) is 28.9 Å². The normalized spacial score (nSPS) is 11.0. The average molecular weight is 351 g/mol. The van der Waals surface area contributed by atoms with Crippen molar-refractivity contribution < 1.29 is 14.6 Å². The quantitative estimate of drug-likeness (QED) is 0.801. The number of benzene rings is 1. The van der Waals surface area contributed by atoms with E-state index in [2.05, 4.69) is 28.0 Å². The fraction of sp³-hybridized carbons (Fsp3) is 0.200. The number of halogens is 1. The molecule has 0 aliphatic rings. The minimum atomic E-state index is -0.981. The van der Waals surface area contributed by atoms with Crippen LogP contribution in [-0.4, -0.2) is 20.9 Å². The van der Waals surface area contributed by atoms with Crippen LogP contribution in [0.4, 0.5) is 0 Å². The summed E-state index contributed by atoms with van der Waals surface area (Å²) in [6.45, 7) is 2.94. The molecule has 0 spiro atoms. The van der Waals surface area contributed by atoms with Gasteiger partial charge in [-0.15, -0.1) is 0 Å². The summed E-state index contributed by atoms with van der Waals surface area (Å²) in [5.74, 6) is 0.347. The molecule has 0 atom stereocenters. The van der Waals surface area contributed by atoms with Crippen LogP contribution in [0, 0.1) is 0 Å². The molecule has 2 aromatic rings. The van der Waals surface area contributed by atoms with E-state index in [1.54, 1.807) is 24.4 Å². The fourth-order valence-electron chi connectivity index (χ4n) is 1.75. The van der Waals surface area contributed by atoms with Gasteiger partial charge < -0.3 is 9.84 Å². The summed E-state index contributed by atoms with van der Waals surface area (Å²) in [6, 6.07) is 5.36. The number of aliphatic carboxylic acids is 1. The Hall–Kier alpha value is -2.08. The Morgan fingerprint density at radius 1 is 1.48 bits per heavy atom. The van der Waals surface area contributed by atoms with Crippen molar-refractivity contribution in [3.05, 3.63) is 46.7 Å². The highest BCUT2D eigenvalue weighted by Gasteiger charge is 2.04. The van der Waals surface area contributed by atoms with Crippen molar-refractivity contribution in [1.82, 2.24) is 9.78 Å². The molecule has 0 amide bonds. The molecule has 0 saturated heterocycles. The first-order valence-corrected chi connectivity index (χ1v) is 7.28. The minimum absolute atomic E-state index is 0.658. The molecule has 0 aliphatic carbocycles. The Balaban J connectivity index is 2.10. The zero-order chi connectivity index (χ0) is 15.2. The predicted molar refractivity (Wildman–Crippen MR) is 83.4 cm³/mol.